The van der Waals surface area contributed by atoms with E-state index in [1.54, 1.807) is 0 Å². The summed E-state index contributed by atoms with van der Waals surface area (Å²) >= 11 is 0. The quantitative estimate of drug-likeness (QED) is 0.290. The van der Waals surface area contributed by atoms with E-state index in [-0.39, 0.29) is 6.54 Å². The number of nitrogens with zero attached hydrogens (tertiary/aromatic N) is 1. The van der Waals surface area contributed by atoms with Crippen LogP contribution in [0.15, 0.2) is 0 Å². The number of nitrogens with two attached hydrogens (primary N) is 1. The third-order valence-electron chi connectivity index (χ3n) is 4.13. The minimum atomic E-state index is -4.94. The Bertz CT molecular complexity index is 428. The van der Waals surface area contributed by atoms with Gasteiger partial charge in [-0.25, -0.2) is 4.57 Å². The Kier molecular flexibility index (Phi) is 5.61. The van der Waals surface area contributed by atoms with Crippen molar-refractivity contribution in [2.75, 3.05) is 26.2 Å². The smallest absolute Gasteiger partial charge is 0.394 e. The van der Waals surface area contributed by atoms with Crippen molar-refractivity contribution in [3.05, 3.63) is 0 Å². The van der Waals surface area contributed by atoms with Gasteiger partial charge in [-0.15, -0.1) is 0 Å². The van der Waals surface area contributed by atoms with Gasteiger partial charge < -0.3 is 40.5 Å². The van der Waals surface area contributed by atoms with Gasteiger partial charge >= 0.3 is 7.82 Å². The monoisotopic (exact) mass is 342 g/mol. The molecule has 5 atom stereocenters. The van der Waals surface area contributed by atoms with E-state index < -0.39 is 44.6 Å². The molecule has 2 fully saturated rings. The average molecular weight is 342 g/mol. The molecule has 130 valence electrons. The number of phosphoric ester groups is 1. The minimum absolute atomic E-state index is 0.0779. The van der Waals surface area contributed by atoms with Gasteiger partial charge in [-0.1, -0.05) is 0 Å². The fraction of sp³-hybridized carbons (Fsp3) is 1.00. The molecule has 0 aromatic heterocycles. The topological polar surface area (TPSA) is 166 Å². The zero-order valence-electron chi connectivity index (χ0n) is 12.0. The number of likely N-dealkylation sites (tertiary alicyclic amines) is 1. The van der Waals surface area contributed by atoms with E-state index in [1.807, 2.05) is 4.90 Å². The van der Waals surface area contributed by atoms with E-state index in [4.69, 9.17) is 20.3 Å². The molecule has 0 bridgehead atoms. The Morgan fingerprint density at radius 1 is 1.32 bits per heavy atom. The van der Waals surface area contributed by atoms with Crippen molar-refractivity contribution in [3.63, 3.8) is 0 Å². The minimum Gasteiger partial charge on any atom is -0.394 e. The summed E-state index contributed by atoms with van der Waals surface area (Å²) in [4.78, 5) is 19.8. The number of ether oxygens (including phenoxy) is 1. The fourth-order valence-electron chi connectivity index (χ4n) is 2.96. The SMILES string of the molecule is N[C@@]1(CN2CCCC2)[C@H](O)O[C@H](CO)[C@@H](OP(=O)(O)O)[C@@H]1O. The van der Waals surface area contributed by atoms with Crippen LogP contribution in [0.25, 0.3) is 0 Å². The molecule has 11 heteroatoms. The Labute approximate surface area is 127 Å². The predicted molar refractivity (Wildman–Crippen MR) is 73.5 cm³/mol. The van der Waals surface area contributed by atoms with E-state index in [0.29, 0.717) is 0 Å². The molecule has 0 spiro atoms. The molecule has 22 heavy (non-hydrogen) atoms. The Hall–Kier alpha value is -0.130. The van der Waals surface area contributed by atoms with Crippen LogP contribution in [-0.2, 0) is 13.8 Å². The molecule has 0 aliphatic carbocycles. The second-order valence-corrected chi connectivity index (χ2v) is 7.00. The lowest BCUT2D eigenvalue weighted by molar-refractivity contribution is -0.276. The van der Waals surface area contributed by atoms with Crippen LogP contribution in [0.4, 0.5) is 0 Å². The van der Waals surface area contributed by atoms with E-state index >= 15 is 0 Å². The molecule has 7 N–H and O–H groups in total. The van der Waals surface area contributed by atoms with Crippen LogP contribution in [0, 0.1) is 0 Å². The number of aliphatic hydroxyl groups is 3. The lowest BCUT2D eigenvalue weighted by Gasteiger charge is -2.49. The molecule has 0 unspecified atom stereocenters. The summed E-state index contributed by atoms with van der Waals surface area (Å²) in [6.45, 7) is 0.866. The molecule has 0 saturated carbocycles. The van der Waals surface area contributed by atoms with Gasteiger partial charge in [-0.2, -0.15) is 0 Å². The molecular weight excluding hydrogens is 319 g/mol. The first-order chi connectivity index (χ1) is 10.2. The Balaban J connectivity index is 2.19. The molecule has 0 amide bonds. The van der Waals surface area contributed by atoms with Crippen molar-refractivity contribution in [1.29, 1.82) is 0 Å². The van der Waals surface area contributed by atoms with Gasteiger partial charge in [0.25, 0.3) is 0 Å². The van der Waals surface area contributed by atoms with E-state index in [9.17, 15) is 19.9 Å². The second-order valence-electron chi connectivity index (χ2n) is 5.81. The highest BCUT2D eigenvalue weighted by molar-refractivity contribution is 7.46. The number of hydrogen-bond donors (Lipinski definition) is 6. The first kappa shape index (κ1) is 18.2. The lowest BCUT2D eigenvalue weighted by atomic mass is 9.83. The van der Waals surface area contributed by atoms with Crippen molar-refractivity contribution >= 4 is 7.82 Å². The summed E-state index contributed by atoms with van der Waals surface area (Å²) in [6.07, 6.45) is -4.15. The van der Waals surface area contributed by atoms with Gasteiger partial charge in [0, 0.05) is 6.54 Å². The molecule has 0 aromatic carbocycles. The van der Waals surface area contributed by atoms with Crippen LogP contribution < -0.4 is 5.73 Å². The van der Waals surface area contributed by atoms with E-state index in [0.717, 1.165) is 25.9 Å². The van der Waals surface area contributed by atoms with Crippen molar-refractivity contribution in [2.24, 2.45) is 5.73 Å². The number of aliphatic hydroxyl groups excluding tert-OH is 3. The Morgan fingerprint density at radius 2 is 1.91 bits per heavy atom. The van der Waals surface area contributed by atoms with Crippen LogP contribution in [-0.4, -0.2) is 86.4 Å². The average Bonchev–Trinajstić information content (AvgIpc) is 2.91. The summed E-state index contributed by atoms with van der Waals surface area (Å²) in [5.74, 6) is 0. The largest absolute Gasteiger partial charge is 0.470 e. The molecule has 10 nitrogen and oxygen atoms in total. The predicted octanol–water partition coefficient (Wildman–Crippen LogP) is -2.67. The highest BCUT2D eigenvalue weighted by Crippen LogP contribution is 2.42. The van der Waals surface area contributed by atoms with Crippen LogP contribution in [0.2, 0.25) is 0 Å². The van der Waals surface area contributed by atoms with Crippen molar-refractivity contribution in [2.45, 2.75) is 43.0 Å². The highest BCUT2D eigenvalue weighted by atomic mass is 31.2. The fourth-order valence-corrected chi connectivity index (χ4v) is 3.52. The molecule has 2 heterocycles. The maximum Gasteiger partial charge on any atom is 0.470 e. The first-order valence-corrected chi connectivity index (χ1v) is 8.58. The van der Waals surface area contributed by atoms with Crippen molar-refractivity contribution in [3.8, 4) is 0 Å². The van der Waals surface area contributed by atoms with Crippen molar-refractivity contribution in [1.82, 2.24) is 4.90 Å². The van der Waals surface area contributed by atoms with Gasteiger partial charge in [0.05, 0.1) is 6.61 Å². The molecule has 2 rings (SSSR count). The standard InChI is InChI=1S/C11H23N2O8P/c12-11(6-13-3-1-2-4-13)9(15)8(21-22(17,18)19)7(5-14)20-10(11)16/h7-10,14-16H,1-6,12H2,(H2,17,18,19)/t7-,8-,9+,10-,11-/m1/s1. The van der Waals surface area contributed by atoms with E-state index in [1.165, 1.54) is 0 Å². The van der Waals surface area contributed by atoms with Crippen LogP contribution in [0.3, 0.4) is 0 Å². The molecule has 2 aliphatic rings. The van der Waals surface area contributed by atoms with Crippen LogP contribution >= 0.6 is 7.82 Å². The maximum absolute atomic E-state index is 11.1. The highest BCUT2D eigenvalue weighted by Gasteiger charge is 2.55. The lowest BCUT2D eigenvalue weighted by Crippen LogP contribution is -2.74. The Morgan fingerprint density at radius 3 is 2.41 bits per heavy atom. The first-order valence-electron chi connectivity index (χ1n) is 7.05. The third-order valence-corrected chi connectivity index (χ3v) is 4.64. The second kappa shape index (κ2) is 6.78. The normalized spacial score (nSPS) is 41.0. The van der Waals surface area contributed by atoms with Crippen LogP contribution in [0.5, 0.6) is 0 Å². The molecule has 2 saturated heterocycles. The molecule has 2 aliphatic heterocycles. The summed E-state index contributed by atoms with van der Waals surface area (Å²) < 4.78 is 20.7. The van der Waals surface area contributed by atoms with Gasteiger partial charge in [0.1, 0.15) is 23.9 Å². The molecule has 0 radical (unpaired) electrons. The number of rotatable bonds is 5. The zero-order valence-corrected chi connectivity index (χ0v) is 12.9. The van der Waals surface area contributed by atoms with Crippen LogP contribution in [0.1, 0.15) is 12.8 Å². The molecular formula is C11H23N2O8P. The van der Waals surface area contributed by atoms with E-state index in [2.05, 4.69) is 4.52 Å². The van der Waals surface area contributed by atoms with Gasteiger partial charge in [0.15, 0.2) is 6.29 Å². The summed E-state index contributed by atoms with van der Waals surface area (Å²) in [6, 6.07) is 0. The third kappa shape index (κ3) is 3.85. The summed E-state index contributed by atoms with van der Waals surface area (Å²) in [7, 11) is -4.94. The molecule has 0 aromatic rings. The van der Waals surface area contributed by atoms with Gasteiger partial charge in [-0.3, -0.25) is 4.52 Å². The van der Waals surface area contributed by atoms with Gasteiger partial charge in [-0.05, 0) is 25.9 Å². The zero-order chi connectivity index (χ0) is 16.5. The number of hydrogen-bond acceptors (Lipinski definition) is 8. The summed E-state index contributed by atoms with van der Waals surface area (Å²) in [5, 5.41) is 29.7. The number of phosphoric acid groups is 1. The maximum atomic E-state index is 11.1. The van der Waals surface area contributed by atoms with Gasteiger partial charge in [0.2, 0.25) is 0 Å². The van der Waals surface area contributed by atoms with Crippen molar-refractivity contribution < 1.29 is 38.9 Å². The summed E-state index contributed by atoms with van der Waals surface area (Å²) in [5.41, 5.74) is 4.39.